The number of nitrogens with one attached hydrogen (secondary N) is 1. The fourth-order valence-electron chi connectivity index (χ4n) is 1.74. The van der Waals surface area contributed by atoms with Crippen molar-refractivity contribution in [2.24, 2.45) is 5.92 Å². The second-order valence-electron chi connectivity index (χ2n) is 5.83. The summed E-state index contributed by atoms with van der Waals surface area (Å²) in [4.78, 5) is 0. The summed E-state index contributed by atoms with van der Waals surface area (Å²) in [6, 6.07) is 0. The van der Waals surface area contributed by atoms with Crippen molar-refractivity contribution >= 4 is 11.8 Å². The molecule has 0 rings (SSSR count). The van der Waals surface area contributed by atoms with Crippen LogP contribution in [0.5, 0.6) is 0 Å². The average Bonchev–Trinajstić information content (AvgIpc) is 2.27. The van der Waals surface area contributed by atoms with Crippen LogP contribution in [-0.4, -0.2) is 60.2 Å². The molecule has 0 aliphatic rings. The Labute approximate surface area is 122 Å². The van der Waals surface area contributed by atoms with Gasteiger partial charge in [0.2, 0.25) is 0 Å². The Morgan fingerprint density at radius 1 is 1.37 bits per heavy atom. The number of hydrogen-bond donors (Lipinski definition) is 3. The molecule has 0 fully saturated rings. The van der Waals surface area contributed by atoms with Crippen LogP contribution in [0.15, 0.2) is 0 Å². The summed E-state index contributed by atoms with van der Waals surface area (Å²) in [5.74, 6) is 1.38. The van der Waals surface area contributed by atoms with Crippen LogP contribution in [-0.2, 0) is 4.74 Å². The number of aliphatic hydroxyl groups is 2. The topological polar surface area (TPSA) is 61.7 Å². The van der Waals surface area contributed by atoms with E-state index in [-0.39, 0.29) is 0 Å². The predicted octanol–water partition coefficient (Wildman–Crippen LogP) is 1.50. The van der Waals surface area contributed by atoms with Gasteiger partial charge in [0, 0.05) is 25.4 Å². The Morgan fingerprint density at radius 3 is 2.63 bits per heavy atom. The van der Waals surface area contributed by atoms with E-state index in [9.17, 15) is 10.2 Å². The zero-order valence-electron chi connectivity index (χ0n) is 12.8. The van der Waals surface area contributed by atoms with E-state index in [1.807, 2.05) is 6.26 Å². The van der Waals surface area contributed by atoms with E-state index in [4.69, 9.17) is 4.74 Å². The Balaban J connectivity index is 3.46. The number of thioether (sulfide) groups is 1. The molecular weight excluding hydrogens is 262 g/mol. The SMILES string of the molecule is CSCC(C)(O)CNCC(O)COCCCC(C)C. The molecule has 5 heteroatoms. The molecule has 0 aromatic rings. The third kappa shape index (κ3) is 12.9. The van der Waals surface area contributed by atoms with Gasteiger partial charge in [-0.2, -0.15) is 11.8 Å². The molecule has 0 amide bonds. The highest BCUT2D eigenvalue weighted by molar-refractivity contribution is 7.98. The highest BCUT2D eigenvalue weighted by Gasteiger charge is 2.19. The summed E-state index contributed by atoms with van der Waals surface area (Å²) in [6.07, 6.45) is 3.66. The zero-order valence-corrected chi connectivity index (χ0v) is 13.6. The summed E-state index contributed by atoms with van der Waals surface area (Å²) in [7, 11) is 0. The van der Waals surface area contributed by atoms with Gasteiger partial charge in [0.05, 0.1) is 18.3 Å². The largest absolute Gasteiger partial charge is 0.389 e. The molecule has 2 unspecified atom stereocenters. The molecule has 0 heterocycles. The quantitative estimate of drug-likeness (QED) is 0.476. The van der Waals surface area contributed by atoms with Gasteiger partial charge in [-0.15, -0.1) is 0 Å². The Bertz CT molecular complexity index is 213. The van der Waals surface area contributed by atoms with Crippen molar-refractivity contribution in [2.45, 2.75) is 45.3 Å². The van der Waals surface area contributed by atoms with Gasteiger partial charge in [-0.3, -0.25) is 0 Å². The molecule has 0 bridgehead atoms. The fourth-order valence-corrected chi connectivity index (χ4v) is 2.47. The number of hydrogen-bond acceptors (Lipinski definition) is 5. The summed E-state index contributed by atoms with van der Waals surface area (Å²) >= 11 is 1.61. The van der Waals surface area contributed by atoms with E-state index in [0.29, 0.717) is 38.0 Å². The average molecular weight is 293 g/mol. The first-order valence-corrected chi connectivity index (χ1v) is 8.44. The minimum Gasteiger partial charge on any atom is -0.389 e. The fraction of sp³-hybridized carbons (Fsp3) is 1.00. The van der Waals surface area contributed by atoms with Crippen molar-refractivity contribution < 1.29 is 14.9 Å². The first kappa shape index (κ1) is 19.2. The first-order valence-electron chi connectivity index (χ1n) is 7.05. The number of rotatable bonds is 12. The van der Waals surface area contributed by atoms with Gasteiger partial charge in [0.25, 0.3) is 0 Å². The molecule has 0 spiro atoms. The molecule has 0 aromatic carbocycles. The monoisotopic (exact) mass is 293 g/mol. The molecule has 0 radical (unpaired) electrons. The maximum absolute atomic E-state index is 9.93. The van der Waals surface area contributed by atoms with E-state index in [2.05, 4.69) is 19.2 Å². The van der Waals surface area contributed by atoms with Crippen molar-refractivity contribution in [1.82, 2.24) is 5.32 Å². The van der Waals surface area contributed by atoms with Crippen LogP contribution < -0.4 is 5.32 Å². The Hall–Kier alpha value is 0.190. The van der Waals surface area contributed by atoms with Crippen molar-refractivity contribution in [3.63, 3.8) is 0 Å². The van der Waals surface area contributed by atoms with Gasteiger partial charge >= 0.3 is 0 Å². The van der Waals surface area contributed by atoms with Crippen molar-refractivity contribution in [3.8, 4) is 0 Å². The predicted molar refractivity (Wildman–Crippen MR) is 82.8 cm³/mol. The molecule has 0 saturated heterocycles. The van der Waals surface area contributed by atoms with Crippen molar-refractivity contribution in [1.29, 1.82) is 0 Å². The van der Waals surface area contributed by atoms with Crippen molar-refractivity contribution in [3.05, 3.63) is 0 Å². The minimum atomic E-state index is -0.725. The van der Waals surface area contributed by atoms with Gasteiger partial charge < -0.3 is 20.3 Å². The van der Waals surface area contributed by atoms with Crippen LogP contribution in [0.3, 0.4) is 0 Å². The molecule has 2 atom stereocenters. The van der Waals surface area contributed by atoms with Gasteiger partial charge in [-0.05, 0) is 31.9 Å². The highest BCUT2D eigenvalue weighted by atomic mass is 32.2. The van der Waals surface area contributed by atoms with Gasteiger partial charge in [-0.25, -0.2) is 0 Å². The van der Waals surface area contributed by atoms with Crippen molar-refractivity contribution in [2.75, 3.05) is 38.3 Å². The van der Waals surface area contributed by atoms with Gasteiger partial charge in [0.15, 0.2) is 0 Å². The van der Waals surface area contributed by atoms with Gasteiger partial charge in [0.1, 0.15) is 0 Å². The summed E-state index contributed by atoms with van der Waals surface area (Å²) in [6.45, 7) is 8.19. The van der Waals surface area contributed by atoms with Crippen LogP contribution in [0.1, 0.15) is 33.6 Å². The molecule has 0 aliphatic heterocycles. The third-order valence-electron chi connectivity index (χ3n) is 2.72. The third-order valence-corrected chi connectivity index (χ3v) is 3.63. The lowest BCUT2D eigenvalue weighted by Crippen LogP contribution is -2.43. The molecule has 0 aliphatic carbocycles. The lowest BCUT2D eigenvalue weighted by atomic mass is 10.1. The highest BCUT2D eigenvalue weighted by Crippen LogP contribution is 2.08. The Kier molecular flexibility index (Phi) is 11.0. The summed E-state index contributed by atoms with van der Waals surface area (Å²) < 4.78 is 5.42. The van der Waals surface area contributed by atoms with E-state index in [1.54, 1.807) is 18.7 Å². The molecule has 116 valence electrons. The zero-order chi connectivity index (χ0) is 14.7. The van der Waals surface area contributed by atoms with Crippen LogP contribution in [0.25, 0.3) is 0 Å². The van der Waals surface area contributed by atoms with E-state index >= 15 is 0 Å². The normalized spacial score (nSPS) is 16.6. The molecule has 0 saturated carbocycles. The second kappa shape index (κ2) is 10.9. The maximum Gasteiger partial charge on any atom is 0.0897 e. The van der Waals surface area contributed by atoms with Crippen LogP contribution in [0, 0.1) is 5.92 Å². The van der Waals surface area contributed by atoms with Crippen LogP contribution in [0.4, 0.5) is 0 Å². The van der Waals surface area contributed by atoms with Gasteiger partial charge in [-0.1, -0.05) is 13.8 Å². The summed E-state index contributed by atoms with van der Waals surface area (Å²) in [5, 5.41) is 22.7. The molecule has 4 nitrogen and oxygen atoms in total. The first-order chi connectivity index (χ1) is 8.87. The van der Waals surface area contributed by atoms with Crippen LogP contribution in [0.2, 0.25) is 0 Å². The summed E-state index contributed by atoms with van der Waals surface area (Å²) in [5.41, 5.74) is -0.725. The smallest absolute Gasteiger partial charge is 0.0897 e. The number of aliphatic hydroxyl groups excluding tert-OH is 1. The standard InChI is InChI=1S/C14H31NO3S/c1-12(2)6-5-7-18-9-13(16)8-15-10-14(3,17)11-19-4/h12-13,15-17H,5-11H2,1-4H3. The lowest BCUT2D eigenvalue weighted by molar-refractivity contribution is 0.0291. The molecule has 0 aromatic heterocycles. The van der Waals surface area contributed by atoms with E-state index < -0.39 is 11.7 Å². The maximum atomic E-state index is 9.93. The second-order valence-corrected chi connectivity index (χ2v) is 6.69. The lowest BCUT2D eigenvalue weighted by Gasteiger charge is -2.23. The molecule has 19 heavy (non-hydrogen) atoms. The van der Waals surface area contributed by atoms with E-state index in [1.165, 1.54) is 0 Å². The minimum absolute atomic E-state index is 0.357. The Morgan fingerprint density at radius 2 is 2.05 bits per heavy atom. The molecule has 3 N–H and O–H groups in total. The number of ether oxygens (including phenoxy) is 1. The molecular formula is C14H31NO3S. The van der Waals surface area contributed by atoms with E-state index in [0.717, 1.165) is 12.8 Å². The van der Waals surface area contributed by atoms with Crippen LogP contribution >= 0.6 is 11.8 Å².